The van der Waals surface area contributed by atoms with Gasteiger partial charge in [0.1, 0.15) is 5.75 Å². The van der Waals surface area contributed by atoms with Crippen molar-refractivity contribution < 1.29 is 19.1 Å². The van der Waals surface area contributed by atoms with E-state index < -0.39 is 5.97 Å². The minimum absolute atomic E-state index is 0.0681. The predicted molar refractivity (Wildman–Crippen MR) is 74.6 cm³/mol. The molecular formula is C12H10Br2O4. The van der Waals surface area contributed by atoms with E-state index in [1.165, 1.54) is 0 Å². The van der Waals surface area contributed by atoms with Gasteiger partial charge in [-0.15, -0.1) is 0 Å². The Morgan fingerprint density at radius 2 is 1.83 bits per heavy atom. The number of fused-ring (bicyclic) bond motifs is 1. The molecule has 0 aliphatic carbocycles. The number of rotatable bonds is 2. The number of ether oxygens (including phenoxy) is 1. The molecule has 1 aromatic carbocycles. The monoisotopic (exact) mass is 376 g/mol. The van der Waals surface area contributed by atoms with Gasteiger partial charge < -0.3 is 14.3 Å². The number of carboxylic acid groups (broad SMARTS) is 1. The largest absolute Gasteiger partial charge is 0.495 e. The summed E-state index contributed by atoms with van der Waals surface area (Å²) in [7, 11) is 1.54. The maximum Gasteiger partial charge on any atom is 0.372 e. The molecule has 1 heterocycles. The maximum atomic E-state index is 11.1. The summed E-state index contributed by atoms with van der Waals surface area (Å²) in [5, 5.41) is 9.76. The van der Waals surface area contributed by atoms with E-state index in [0.29, 0.717) is 22.3 Å². The van der Waals surface area contributed by atoms with Crippen molar-refractivity contribution in [3.63, 3.8) is 0 Å². The molecule has 18 heavy (non-hydrogen) atoms. The van der Waals surface area contributed by atoms with Crippen molar-refractivity contribution in [2.45, 2.75) is 13.8 Å². The predicted octanol–water partition coefficient (Wildman–Crippen LogP) is 4.28. The second-order valence-electron chi connectivity index (χ2n) is 3.85. The highest BCUT2D eigenvalue weighted by Gasteiger charge is 2.24. The van der Waals surface area contributed by atoms with E-state index in [-0.39, 0.29) is 5.76 Å². The van der Waals surface area contributed by atoms with E-state index >= 15 is 0 Å². The van der Waals surface area contributed by atoms with Crippen molar-refractivity contribution in [3.8, 4) is 5.75 Å². The first-order valence-corrected chi connectivity index (χ1v) is 6.66. The smallest absolute Gasteiger partial charge is 0.372 e. The molecule has 1 aromatic heterocycles. The Labute approximate surface area is 120 Å². The Morgan fingerprint density at radius 3 is 2.33 bits per heavy atom. The van der Waals surface area contributed by atoms with Crippen LogP contribution in [0.5, 0.6) is 5.75 Å². The van der Waals surface area contributed by atoms with Crippen molar-refractivity contribution in [2.75, 3.05) is 7.11 Å². The Balaban J connectivity index is 3.02. The molecule has 2 aromatic rings. The minimum atomic E-state index is -1.09. The number of aryl methyl sites for hydroxylation is 1. The number of benzene rings is 1. The van der Waals surface area contributed by atoms with Crippen LogP contribution >= 0.6 is 31.9 Å². The summed E-state index contributed by atoms with van der Waals surface area (Å²) in [5.74, 6) is -0.577. The lowest BCUT2D eigenvalue weighted by atomic mass is 10.1. The van der Waals surface area contributed by atoms with E-state index in [1.54, 1.807) is 14.0 Å². The van der Waals surface area contributed by atoms with Gasteiger partial charge in [0.2, 0.25) is 5.76 Å². The molecule has 0 amide bonds. The van der Waals surface area contributed by atoms with E-state index in [1.807, 2.05) is 6.92 Å². The van der Waals surface area contributed by atoms with Crippen molar-refractivity contribution in [3.05, 3.63) is 25.8 Å². The topological polar surface area (TPSA) is 59.7 Å². The molecule has 0 radical (unpaired) electrons. The Morgan fingerprint density at radius 1 is 1.22 bits per heavy atom. The number of furan rings is 1. The van der Waals surface area contributed by atoms with Crippen LogP contribution in [0.3, 0.4) is 0 Å². The second kappa shape index (κ2) is 4.59. The third kappa shape index (κ3) is 1.75. The molecule has 1 N–H and O–H groups in total. The van der Waals surface area contributed by atoms with Gasteiger partial charge in [-0.05, 0) is 51.3 Å². The fourth-order valence-corrected chi connectivity index (χ4v) is 3.19. The van der Waals surface area contributed by atoms with E-state index in [0.717, 1.165) is 14.5 Å². The average Bonchev–Trinajstić information content (AvgIpc) is 2.66. The molecule has 0 fully saturated rings. The standard InChI is InChI=1S/C12H10Br2O4/c1-4-6-10(17-3)7(13)5(2)8(14)11(6)18-9(4)12(15)16/h1-3H3,(H,15,16). The van der Waals surface area contributed by atoms with Gasteiger partial charge in [-0.1, -0.05) is 0 Å². The minimum Gasteiger partial charge on any atom is -0.495 e. The Bertz CT molecular complexity index is 658. The molecule has 0 saturated heterocycles. The molecule has 2 rings (SSSR count). The molecule has 0 aliphatic heterocycles. The molecule has 0 spiro atoms. The molecule has 96 valence electrons. The van der Waals surface area contributed by atoms with Gasteiger partial charge in [-0.3, -0.25) is 0 Å². The van der Waals surface area contributed by atoms with E-state index in [2.05, 4.69) is 31.9 Å². The van der Waals surface area contributed by atoms with Crippen LogP contribution in [0.4, 0.5) is 0 Å². The van der Waals surface area contributed by atoms with Gasteiger partial charge in [0, 0.05) is 5.56 Å². The summed E-state index contributed by atoms with van der Waals surface area (Å²) in [6.07, 6.45) is 0. The number of carbonyl (C=O) groups is 1. The lowest BCUT2D eigenvalue weighted by Crippen LogP contribution is -1.95. The third-order valence-electron chi connectivity index (χ3n) is 2.83. The van der Waals surface area contributed by atoms with E-state index in [4.69, 9.17) is 14.3 Å². The summed E-state index contributed by atoms with van der Waals surface area (Å²) in [4.78, 5) is 11.1. The van der Waals surface area contributed by atoms with Crippen LogP contribution in [0.1, 0.15) is 21.7 Å². The first kappa shape index (κ1) is 13.4. The first-order chi connectivity index (χ1) is 8.40. The highest BCUT2D eigenvalue weighted by Crippen LogP contribution is 2.45. The second-order valence-corrected chi connectivity index (χ2v) is 5.44. The van der Waals surface area contributed by atoms with Crippen molar-refractivity contribution >= 4 is 48.8 Å². The molecule has 0 unspecified atom stereocenters. The normalized spacial score (nSPS) is 10.9. The zero-order chi connectivity index (χ0) is 13.6. The van der Waals surface area contributed by atoms with Crippen LogP contribution in [0, 0.1) is 13.8 Å². The highest BCUT2D eigenvalue weighted by atomic mass is 79.9. The SMILES string of the molecule is COc1c(Br)c(C)c(Br)c2oc(C(=O)O)c(C)c12. The van der Waals surface area contributed by atoms with Gasteiger partial charge in [-0.25, -0.2) is 4.79 Å². The number of methoxy groups -OCH3 is 1. The molecule has 0 aliphatic rings. The van der Waals surface area contributed by atoms with Crippen LogP contribution in [0.25, 0.3) is 11.0 Å². The molecular weight excluding hydrogens is 368 g/mol. The van der Waals surface area contributed by atoms with Crippen LogP contribution in [-0.2, 0) is 0 Å². The average molecular weight is 378 g/mol. The maximum absolute atomic E-state index is 11.1. The number of aromatic carboxylic acids is 1. The molecule has 0 bridgehead atoms. The van der Waals surface area contributed by atoms with E-state index in [9.17, 15) is 4.79 Å². The summed E-state index contributed by atoms with van der Waals surface area (Å²) in [5.41, 5.74) is 1.93. The number of carboxylic acids is 1. The number of hydrogen-bond donors (Lipinski definition) is 1. The lowest BCUT2D eigenvalue weighted by Gasteiger charge is -2.10. The van der Waals surface area contributed by atoms with Crippen LogP contribution in [-0.4, -0.2) is 18.2 Å². The number of hydrogen-bond acceptors (Lipinski definition) is 3. The zero-order valence-electron chi connectivity index (χ0n) is 9.93. The van der Waals surface area contributed by atoms with Gasteiger partial charge in [0.15, 0.2) is 5.58 Å². The number of halogens is 2. The molecule has 0 saturated carbocycles. The molecule has 6 heteroatoms. The summed E-state index contributed by atoms with van der Waals surface area (Å²) >= 11 is 6.87. The zero-order valence-corrected chi connectivity index (χ0v) is 13.1. The quantitative estimate of drug-likeness (QED) is 0.848. The van der Waals surface area contributed by atoms with Gasteiger partial charge >= 0.3 is 5.97 Å². The van der Waals surface area contributed by atoms with Crippen LogP contribution < -0.4 is 4.74 Å². The summed E-state index contributed by atoms with van der Waals surface area (Å²) in [6.45, 7) is 3.58. The van der Waals surface area contributed by atoms with Gasteiger partial charge in [-0.2, -0.15) is 0 Å². The van der Waals surface area contributed by atoms with Gasteiger partial charge in [0.05, 0.1) is 21.4 Å². The van der Waals surface area contributed by atoms with Crippen molar-refractivity contribution in [1.82, 2.24) is 0 Å². The Kier molecular flexibility index (Phi) is 3.42. The lowest BCUT2D eigenvalue weighted by molar-refractivity contribution is 0.0664. The van der Waals surface area contributed by atoms with Crippen LogP contribution in [0.2, 0.25) is 0 Å². The van der Waals surface area contributed by atoms with Crippen LogP contribution in [0.15, 0.2) is 13.4 Å². The molecule has 4 nitrogen and oxygen atoms in total. The van der Waals surface area contributed by atoms with Gasteiger partial charge in [0.25, 0.3) is 0 Å². The highest BCUT2D eigenvalue weighted by molar-refractivity contribution is 9.11. The first-order valence-electron chi connectivity index (χ1n) is 5.08. The Hall–Kier alpha value is -1.01. The third-order valence-corrected chi connectivity index (χ3v) is 4.74. The van der Waals surface area contributed by atoms with Crippen molar-refractivity contribution in [2.24, 2.45) is 0 Å². The fraction of sp³-hybridized carbons (Fsp3) is 0.250. The summed E-state index contributed by atoms with van der Waals surface area (Å²) < 4.78 is 12.3. The fourth-order valence-electron chi connectivity index (χ4n) is 1.88. The molecule has 0 atom stereocenters. The summed E-state index contributed by atoms with van der Waals surface area (Å²) in [6, 6.07) is 0. The van der Waals surface area contributed by atoms with Crippen molar-refractivity contribution in [1.29, 1.82) is 0 Å².